The molecule has 1 saturated heterocycles. The second-order valence-corrected chi connectivity index (χ2v) is 8.21. The van der Waals surface area contributed by atoms with E-state index in [2.05, 4.69) is 13.8 Å². The monoisotopic (exact) mass is 342 g/mol. The van der Waals surface area contributed by atoms with Crippen molar-refractivity contribution in [1.82, 2.24) is 0 Å². The highest BCUT2D eigenvalue weighted by atomic mass is 32.2. The van der Waals surface area contributed by atoms with Gasteiger partial charge in [0.15, 0.2) is 16.4 Å². The van der Waals surface area contributed by atoms with Crippen LogP contribution in [0, 0.1) is 5.92 Å². The van der Waals surface area contributed by atoms with Crippen molar-refractivity contribution in [3.8, 4) is 11.5 Å². The van der Waals surface area contributed by atoms with Gasteiger partial charge >= 0.3 is 5.97 Å². The quantitative estimate of drug-likeness (QED) is 0.704. The first-order chi connectivity index (χ1) is 10.8. The summed E-state index contributed by atoms with van der Waals surface area (Å²) in [6.07, 6.45) is -0.205. The van der Waals surface area contributed by atoms with E-state index in [1.807, 2.05) is 6.07 Å². The summed E-state index contributed by atoms with van der Waals surface area (Å²) in [4.78, 5) is 11.7. The lowest BCUT2D eigenvalue weighted by atomic mass is 10.2. The fourth-order valence-corrected chi connectivity index (χ4v) is 3.72. The first-order valence-electron chi connectivity index (χ1n) is 7.59. The maximum Gasteiger partial charge on any atom is 0.344 e. The fourth-order valence-electron chi connectivity index (χ4n) is 2.13. The van der Waals surface area contributed by atoms with Gasteiger partial charge in [0.2, 0.25) is 0 Å². The third-order valence-electron chi connectivity index (χ3n) is 3.23. The Balaban J connectivity index is 1.79. The van der Waals surface area contributed by atoms with Crippen LogP contribution in [0.15, 0.2) is 24.3 Å². The van der Waals surface area contributed by atoms with Crippen LogP contribution >= 0.6 is 0 Å². The van der Waals surface area contributed by atoms with Crippen molar-refractivity contribution in [2.24, 2.45) is 5.92 Å². The van der Waals surface area contributed by atoms with Crippen LogP contribution in [-0.2, 0) is 19.4 Å². The van der Waals surface area contributed by atoms with E-state index in [9.17, 15) is 13.2 Å². The zero-order valence-electron chi connectivity index (χ0n) is 13.4. The predicted octanol–water partition coefficient (Wildman–Crippen LogP) is 1.83. The van der Waals surface area contributed by atoms with Gasteiger partial charge in [-0.25, -0.2) is 13.2 Å². The van der Waals surface area contributed by atoms with Crippen molar-refractivity contribution >= 4 is 15.8 Å². The van der Waals surface area contributed by atoms with Crippen LogP contribution in [0.2, 0.25) is 0 Å². The molecule has 1 aromatic carbocycles. The van der Waals surface area contributed by atoms with Crippen molar-refractivity contribution in [2.75, 3.05) is 24.7 Å². The van der Waals surface area contributed by atoms with Crippen molar-refractivity contribution in [2.45, 2.75) is 26.4 Å². The SMILES string of the molecule is CC(C)COc1cccc(OCC(=O)OC2CCS(=O)(=O)C2)c1. The second kappa shape index (κ2) is 7.68. The standard InChI is InChI=1S/C16H22O6S/c1-12(2)9-20-13-4-3-5-14(8-13)21-10-16(17)22-15-6-7-23(18,19)11-15/h3-5,8,12,15H,6-7,9-11H2,1-2H3. The predicted molar refractivity (Wildman–Crippen MR) is 85.4 cm³/mol. The van der Waals surface area contributed by atoms with Gasteiger partial charge in [-0.15, -0.1) is 0 Å². The highest BCUT2D eigenvalue weighted by Crippen LogP contribution is 2.20. The van der Waals surface area contributed by atoms with E-state index >= 15 is 0 Å². The molecule has 0 N–H and O–H groups in total. The summed E-state index contributed by atoms with van der Waals surface area (Å²) in [5.74, 6) is 0.990. The first-order valence-corrected chi connectivity index (χ1v) is 9.42. The van der Waals surface area contributed by atoms with Crippen molar-refractivity contribution < 1.29 is 27.4 Å². The van der Waals surface area contributed by atoms with E-state index in [1.165, 1.54) is 0 Å². The van der Waals surface area contributed by atoms with Crippen LogP contribution in [0.5, 0.6) is 11.5 Å². The summed E-state index contributed by atoms with van der Waals surface area (Å²) < 4.78 is 38.7. The van der Waals surface area contributed by atoms with Crippen molar-refractivity contribution in [3.05, 3.63) is 24.3 Å². The molecular weight excluding hydrogens is 320 g/mol. The van der Waals surface area contributed by atoms with Crippen LogP contribution in [0.3, 0.4) is 0 Å². The van der Waals surface area contributed by atoms with Crippen LogP contribution in [0.25, 0.3) is 0 Å². The van der Waals surface area contributed by atoms with Gasteiger partial charge in [0, 0.05) is 6.07 Å². The molecule has 0 saturated carbocycles. The molecule has 1 unspecified atom stereocenters. The van der Waals surface area contributed by atoms with E-state index in [4.69, 9.17) is 14.2 Å². The molecule has 2 rings (SSSR count). The van der Waals surface area contributed by atoms with Gasteiger partial charge in [-0.1, -0.05) is 19.9 Å². The summed E-state index contributed by atoms with van der Waals surface area (Å²) in [5.41, 5.74) is 0. The van der Waals surface area contributed by atoms with Gasteiger partial charge in [0.1, 0.15) is 17.6 Å². The van der Waals surface area contributed by atoms with Gasteiger partial charge in [-0.3, -0.25) is 0 Å². The molecule has 1 aliphatic rings. The molecule has 7 heteroatoms. The Kier molecular flexibility index (Phi) is 5.87. The first kappa shape index (κ1) is 17.6. The molecule has 0 spiro atoms. The molecule has 0 bridgehead atoms. The van der Waals surface area contributed by atoms with E-state index in [0.29, 0.717) is 30.4 Å². The van der Waals surface area contributed by atoms with Gasteiger partial charge in [-0.2, -0.15) is 0 Å². The maximum absolute atomic E-state index is 11.7. The Morgan fingerprint density at radius 3 is 2.57 bits per heavy atom. The third kappa shape index (κ3) is 6.09. The average Bonchev–Trinajstić information content (AvgIpc) is 2.82. The number of carbonyl (C=O) groups is 1. The highest BCUT2D eigenvalue weighted by Gasteiger charge is 2.30. The highest BCUT2D eigenvalue weighted by molar-refractivity contribution is 7.91. The number of ether oxygens (including phenoxy) is 3. The van der Waals surface area contributed by atoms with Crippen LogP contribution in [0.4, 0.5) is 0 Å². The normalized spacial score (nSPS) is 19.5. The molecule has 1 fully saturated rings. The molecule has 6 nitrogen and oxygen atoms in total. The molecule has 23 heavy (non-hydrogen) atoms. The Bertz CT molecular complexity index is 638. The molecule has 1 atom stereocenters. The van der Waals surface area contributed by atoms with Crippen LogP contribution in [0.1, 0.15) is 20.3 Å². The Hall–Kier alpha value is -1.76. The molecule has 0 aromatic heterocycles. The molecular formula is C16H22O6S. The molecule has 128 valence electrons. The van der Waals surface area contributed by atoms with Crippen molar-refractivity contribution in [3.63, 3.8) is 0 Å². The van der Waals surface area contributed by atoms with Crippen LogP contribution in [-0.4, -0.2) is 45.2 Å². The lowest BCUT2D eigenvalue weighted by Crippen LogP contribution is -2.23. The molecule has 1 aliphatic heterocycles. The van der Waals surface area contributed by atoms with E-state index in [1.54, 1.807) is 18.2 Å². The summed E-state index contributed by atoms with van der Waals surface area (Å²) in [6.45, 7) is 4.45. The van der Waals surface area contributed by atoms with E-state index < -0.39 is 21.9 Å². The lowest BCUT2D eigenvalue weighted by molar-refractivity contribution is -0.150. The summed E-state index contributed by atoms with van der Waals surface area (Å²) in [5, 5.41) is 0. The number of benzene rings is 1. The maximum atomic E-state index is 11.7. The smallest absolute Gasteiger partial charge is 0.344 e. The minimum absolute atomic E-state index is 0.0705. The molecule has 0 amide bonds. The van der Waals surface area contributed by atoms with E-state index in [-0.39, 0.29) is 18.1 Å². The summed E-state index contributed by atoms with van der Waals surface area (Å²) in [6, 6.07) is 7.02. The average molecular weight is 342 g/mol. The minimum atomic E-state index is -3.06. The second-order valence-electron chi connectivity index (χ2n) is 5.98. The topological polar surface area (TPSA) is 78.9 Å². The third-order valence-corrected chi connectivity index (χ3v) is 4.97. The Morgan fingerprint density at radius 2 is 1.96 bits per heavy atom. The Labute approximate surface area is 136 Å². The van der Waals surface area contributed by atoms with Gasteiger partial charge in [0.05, 0.1) is 18.1 Å². The largest absolute Gasteiger partial charge is 0.493 e. The zero-order valence-corrected chi connectivity index (χ0v) is 14.2. The van der Waals surface area contributed by atoms with Crippen molar-refractivity contribution in [1.29, 1.82) is 0 Å². The summed E-state index contributed by atoms with van der Waals surface area (Å²) >= 11 is 0. The number of esters is 1. The number of sulfone groups is 1. The molecule has 1 heterocycles. The Morgan fingerprint density at radius 1 is 1.26 bits per heavy atom. The minimum Gasteiger partial charge on any atom is -0.493 e. The van der Waals surface area contributed by atoms with Gasteiger partial charge in [-0.05, 0) is 24.5 Å². The molecule has 0 aliphatic carbocycles. The zero-order chi connectivity index (χ0) is 16.9. The summed E-state index contributed by atoms with van der Waals surface area (Å²) in [7, 11) is -3.06. The fraction of sp³-hybridized carbons (Fsp3) is 0.562. The molecule has 1 aromatic rings. The number of carbonyl (C=O) groups excluding carboxylic acids is 1. The van der Waals surface area contributed by atoms with E-state index in [0.717, 1.165) is 0 Å². The number of hydrogen-bond donors (Lipinski definition) is 0. The molecule has 0 radical (unpaired) electrons. The number of rotatable bonds is 7. The van der Waals surface area contributed by atoms with Gasteiger partial charge in [0.25, 0.3) is 0 Å². The number of hydrogen-bond acceptors (Lipinski definition) is 6. The lowest BCUT2D eigenvalue weighted by Gasteiger charge is -2.12. The van der Waals surface area contributed by atoms with Gasteiger partial charge < -0.3 is 14.2 Å². The van der Waals surface area contributed by atoms with Crippen LogP contribution < -0.4 is 9.47 Å².